The number of hydrogen-bond donors (Lipinski definition) is 1. The van der Waals surface area contributed by atoms with Crippen LogP contribution in [0.5, 0.6) is 0 Å². The largest absolute Gasteiger partial charge is 0.338 e. The summed E-state index contributed by atoms with van der Waals surface area (Å²) in [6, 6.07) is 3.23. The van der Waals surface area contributed by atoms with Gasteiger partial charge in [0.2, 0.25) is 5.91 Å². The fraction of sp³-hybridized carbons (Fsp3) is 0.500. The SMILES string of the molecule is CSCC[C@H](N)C(=O)N1CCN(C(=O)c2ccc(F)cc2Cl)CC1. The molecular formula is C16H21ClFN3O2S. The minimum absolute atomic E-state index is 0.0732. The van der Waals surface area contributed by atoms with Crippen LogP contribution in [0.25, 0.3) is 0 Å². The minimum atomic E-state index is -0.494. The zero-order valence-corrected chi connectivity index (χ0v) is 15.1. The molecule has 132 valence electrons. The molecule has 0 aromatic heterocycles. The first-order chi connectivity index (χ1) is 11.4. The van der Waals surface area contributed by atoms with E-state index in [4.69, 9.17) is 17.3 Å². The Balaban J connectivity index is 1.92. The second-order valence-corrected chi connectivity index (χ2v) is 7.02. The van der Waals surface area contributed by atoms with Gasteiger partial charge in [-0.15, -0.1) is 0 Å². The summed E-state index contributed by atoms with van der Waals surface area (Å²) in [5, 5.41) is 0.0950. The van der Waals surface area contributed by atoms with Crippen LogP contribution in [0.15, 0.2) is 18.2 Å². The Hall–Kier alpha value is -1.31. The van der Waals surface area contributed by atoms with Crippen molar-refractivity contribution < 1.29 is 14.0 Å². The standard InChI is InChI=1S/C16H21ClFN3O2S/c1-24-9-4-14(19)16(23)21-7-5-20(6-8-21)15(22)12-3-2-11(18)10-13(12)17/h2-3,10,14H,4-9,19H2,1H3/t14-/m0/s1. The number of thioether (sulfide) groups is 1. The fourth-order valence-corrected chi connectivity index (χ4v) is 3.30. The number of halogens is 2. The van der Waals surface area contributed by atoms with Crippen LogP contribution < -0.4 is 5.73 Å². The van der Waals surface area contributed by atoms with Crippen LogP contribution in [-0.4, -0.2) is 65.8 Å². The number of hydrogen-bond acceptors (Lipinski definition) is 4. The molecule has 0 bridgehead atoms. The van der Waals surface area contributed by atoms with Gasteiger partial charge in [-0.05, 0) is 36.6 Å². The number of carbonyl (C=O) groups is 2. The van der Waals surface area contributed by atoms with Gasteiger partial charge in [-0.2, -0.15) is 11.8 Å². The number of benzene rings is 1. The highest BCUT2D eigenvalue weighted by Gasteiger charge is 2.28. The zero-order chi connectivity index (χ0) is 17.7. The van der Waals surface area contributed by atoms with Crippen LogP contribution in [0.4, 0.5) is 4.39 Å². The number of carbonyl (C=O) groups excluding carboxylic acids is 2. The van der Waals surface area contributed by atoms with Gasteiger partial charge in [0.25, 0.3) is 5.91 Å². The van der Waals surface area contributed by atoms with E-state index in [2.05, 4.69) is 0 Å². The maximum atomic E-state index is 13.1. The summed E-state index contributed by atoms with van der Waals surface area (Å²) in [6.45, 7) is 1.70. The highest BCUT2D eigenvalue weighted by molar-refractivity contribution is 7.98. The molecule has 2 N–H and O–H groups in total. The van der Waals surface area contributed by atoms with Crippen molar-refractivity contribution in [2.75, 3.05) is 38.2 Å². The molecule has 5 nitrogen and oxygen atoms in total. The molecule has 2 rings (SSSR count). The maximum Gasteiger partial charge on any atom is 0.255 e. The van der Waals surface area contributed by atoms with Crippen LogP contribution in [0.3, 0.4) is 0 Å². The number of amides is 2. The minimum Gasteiger partial charge on any atom is -0.338 e. The van der Waals surface area contributed by atoms with Crippen LogP contribution in [0.1, 0.15) is 16.8 Å². The summed E-state index contributed by atoms with van der Waals surface area (Å²) >= 11 is 7.60. The molecule has 0 radical (unpaired) electrons. The van der Waals surface area contributed by atoms with Crippen LogP contribution >= 0.6 is 23.4 Å². The lowest BCUT2D eigenvalue weighted by molar-refractivity contribution is -0.134. The molecule has 1 atom stereocenters. The average Bonchev–Trinajstić information content (AvgIpc) is 2.58. The first kappa shape index (κ1) is 19.0. The third-order valence-electron chi connectivity index (χ3n) is 3.99. The number of piperazine rings is 1. The highest BCUT2D eigenvalue weighted by atomic mass is 35.5. The summed E-state index contributed by atoms with van der Waals surface area (Å²) in [5.74, 6) is 0.0370. The van der Waals surface area contributed by atoms with E-state index in [1.807, 2.05) is 6.26 Å². The predicted octanol–water partition coefficient (Wildman–Crippen LogP) is 1.84. The smallest absolute Gasteiger partial charge is 0.255 e. The zero-order valence-electron chi connectivity index (χ0n) is 13.5. The molecule has 0 spiro atoms. The molecule has 24 heavy (non-hydrogen) atoms. The maximum absolute atomic E-state index is 13.1. The number of rotatable bonds is 5. The molecule has 1 saturated heterocycles. The average molecular weight is 374 g/mol. The van der Waals surface area contributed by atoms with Gasteiger partial charge >= 0.3 is 0 Å². The molecule has 0 unspecified atom stereocenters. The molecule has 1 aliphatic heterocycles. The van der Waals surface area contributed by atoms with Crippen molar-refractivity contribution in [1.82, 2.24) is 9.80 Å². The van der Waals surface area contributed by atoms with E-state index in [0.29, 0.717) is 32.6 Å². The van der Waals surface area contributed by atoms with Crippen molar-refractivity contribution in [2.45, 2.75) is 12.5 Å². The lowest BCUT2D eigenvalue weighted by Crippen LogP contribution is -2.54. The molecule has 2 amide bonds. The van der Waals surface area contributed by atoms with Gasteiger partial charge in [0, 0.05) is 26.2 Å². The summed E-state index contributed by atoms with van der Waals surface area (Å²) in [4.78, 5) is 28.1. The summed E-state index contributed by atoms with van der Waals surface area (Å²) in [7, 11) is 0. The van der Waals surface area contributed by atoms with Gasteiger partial charge in [-0.1, -0.05) is 11.6 Å². The van der Waals surface area contributed by atoms with Crippen LogP contribution in [0, 0.1) is 5.82 Å². The molecule has 1 aromatic carbocycles. The Kier molecular flexibility index (Phi) is 6.89. The van der Waals surface area contributed by atoms with Crippen molar-refractivity contribution in [2.24, 2.45) is 5.73 Å². The quantitative estimate of drug-likeness (QED) is 0.855. The van der Waals surface area contributed by atoms with Crippen LogP contribution in [0.2, 0.25) is 5.02 Å². The van der Waals surface area contributed by atoms with Crippen molar-refractivity contribution in [3.05, 3.63) is 34.6 Å². The van der Waals surface area contributed by atoms with Gasteiger partial charge in [0.05, 0.1) is 16.6 Å². The summed E-state index contributed by atoms with van der Waals surface area (Å²) in [5.41, 5.74) is 6.19. The Bertz CT molecular complexity index is 609. The summed E-state index contributed by atoms with van der Waals surface area (Å²) in [6.07, 6.45) is 2.62. The Morgan fingerprint density at radius 3 is 2.50 bits per heavy atom. The molecule has 1 heterocycles. The third-order valence-corrected chi connectivity index (χ3v) is 4.95. The van der Waals surface area contributed by atoms with Gasteiger partial charge in [-0.3, -0.25) is 9.59 Å². The molecule has 0 saturated carbocycles. The topological polar surface area (TPSA) is 66.6 Å². The molecular weight excluding hydrogens is 353 g/mol. The van der Waals surface area contributed by atoms with E-state index < -0.39 is 11.9 Å². The number of nitrogens with zero attached hydrogens (tertiary/aromatic N) is 2. The molecule has 0 aliphatic carbocycles. The van der Waals surface area contributed by atoms with Crippen LogP contribution in [-0.2, 0) is 4.79 Å². The second kappa shape index (κ2) is 8.69. The number of nitrogens with two attached hydrogens (primary N) is 1. The van der Waals surface area contributed by atoms with E-state index in [-0.39, 0.29) is 22.4 Å². The first-order valence-electron chi connectivity index (χ1n) is 7.71. The van der Waals surface area contributed by atoms with Crippen molar-refractivity contribution >= 4 is 35.2 Å². The van der Waals surface area contributed by atoms with E-state index in [0.717, 1.165) is 11.8 Å². The van der Waals surface area contributed by atoms with Gasteiger partial charge in [-0.25, -0.2) is 4.39 Å². The molecule has 1 aliphatic rings. The highest BCUT2D eigenvalue weighted by Crippen LogP contribution is 2.20. The van der Waals surface area contributed by atoms with Gasteiger partial charge in [0.1, 0.15) is 5.82 Å². The van der Waals surface area contributed by atoms with Gasteiger partial charge in [0.15, 0.2) is 0 Å². The Morgan fingerprint density at radius 1 is 1.29 bits per heavy atom. The van der Waals surface area contributed by atoms with Crippen molar-refractivity contribution in [3.8, 4) is 0 Å². The van der Waals surface area contributed by atoms with E-state index >= 15 is 0 Å². The normalized spacial score (nSPS) is 16.2. The lowest BCUT2D eigenvalue weighted by atomic mass is 10.1. The van der Waals surface area contributed by atoms with E-state index in [1.54, 1.807) is 21.6 Å². The lowest BCUT2D eigenvalue weighted by Gasteiger charge is -2.36. The Labute approximate surface area is 150 Å². The first-order valence-corrected chi connectivity index (χ1v) is 9.49. The summed E-state index contributed by atoms with van der Waals surface area (Å²) < 4.78 is 13.1. The molecule has 1 aromatic rings. The monoisotopic (exact) mass is 373 g/mol. The van der Waals surface area contributed by atoms with Crippen molar-refractivity contribution in [1.29, 1.82) is 0 Å². The van der Waals surface area contributed by atoms with Gasteiger partial charge < -0.3 is 15.5 Å². The fourth-order valence-electron chi connectivity index (χ4n) is 2.57. The second-order valence-electron chi connectivity index (χ2n) is 5.63. The molecule has 1 fully saturated rings. The predicted molar refractivity (Wildman–Crippen MR) is 94.9 cm³/mol. The van der Waals surface area contributed by atoms with Crippen molar-refractivity contribution in [3.63, 3.8) is 0 Å². The van der Waals surface area contributed by atoms with E-state index in [1.165, 1.54) is 12.1 Å². The molecule has 8 heteroatoms. The Morgan fingerprint density at radius 2 is 1.92 bits per heavy atom. The van der Waals surface area contributed by atoms with E-state index in [9.17, 15) is 14.0 Å². The third kappa shape index (κ3) is 4.62.